The molecule has 0 bridgehead atoms. The number of hydrogen-bond donors (Lipinski definition) is 3. The zero-order valence-electron chi connectivity index (χ0n) is 7.77. The molecule has 2 amide bonds. The smallest absolute Gasteiger partial charge is 0.323 e. The first-order chi connectivity index (χ1) is 6.59. The third-order valence-electron chi connectivity index (χ3n) is 2.07. The van der Waals surface area contributed by atoms with E-state index in [-0.39, 0.29) is 13.1 Å². The Balaban J connectivity index is 2.32. The van der Waals surface area contributed by atoms with Crippen molar-refractivity contribution in [1.29, 1.82) is 0 Å². The Morgan fingerprint density at radius 3 is 2.79 bits per heavy atom. The maximum Gasteiger partial charge on any atom is 0.323 e. The van der Waals surface area contributed by atoms with E-state index in [0.29, 0.717) is 13.0 Å². The Labute approximate surface area is 81.5 Å². The minimum atomic E-state index is -1.07. The lowest BCUT2D eigenvalue weighted by molar-refractivity contribution is -0.135. The third-order valence-corrected chi connectivity index (χ3v) is 2.07. The number of carboxylic acids is 1. The normalized spacial score (nSPS) is 21.8. The molecule has 1 saturated heterocycles. The summed E-state index contributed by atoms with van der Waals surface area (Å²) in [5, 5.41) is 19.8. The van der Waals surface area contributed by atoms with Crippen molar-refractivity contribution in [2.24, 2.45) is 0 Å². The summed E-state index contributed by atoms with van der Waals surface area (Å²) >= 11 is 0. The van der Waals surface area contributed by atoms with Gasteiger partial charge in [0, 0.05) is 13.1 Å². The van der Waals surface area contributed by atoms with Gasteiger partial charge in [-0.2, -0.15) is 0 Å². The second-order valence-electron chi connectivity index (χ2n) is 3.29. The monoisotopic (exact) mass is 202 g/mol. The van der Waals surface area contributed by atoms with E-state index < -0.39 is 18.1 Å². The van der Waals surface area contributed by atoms with E-state index in [9.17, 15) is 14.7 Å². The number of β-amino-alcohol motifs (C(OH)–C–C–N with tert-alkyl or cyclic N) is 1. The van der Waals surface area contributed by atoms with Gasteiger partial charge in [0.05, 0.1) is 6.10 Å². The molecule has 1 unspecified atom stereocenters. The van der Waals surface area contributed by atoms with E-state index >= 15 is 0 Å². The van der Waals surface area contributed by atoms with Crippen LogP contribution in [0.3, 0.4) is 0 Å². The molecule has 1 aliphatic rings. The van der Waals surface area contributed by atoms with Gasteiger partial charge in [-0.3, -0.25) is 4.79 Å². The summed E-state index contributed by atoms with van der Waals surface area (Å²) in [5.41, 5.74) is 0. The highest BCUT2D eigenvalue weighted by molar-refractivity contribution is 5.80. The van der Waals surface area contributed by atoms with Gasteiger partial charge < -0.3 is 20.4 Å². The van der Waals surface area contributed by atoms with Crippen molar-refractivity contribution in [3.05, 3.63) is 0 Å². The number of likely N-dealkylation sites (tertiary alicyclic amines) is 1. The largest absolute Gasteiger partial charge is 0.480 e. The number of nitrogens with one attached hydrogen (secondary N) is 1. The van der Waals surface area contributed by atoms with Gasteiger partial charge in [0.15, 0.2) is 0 Å². The van der Waals surface area contributed by atoms with E-state index in [4.69, 9.17) is 5.11 Å². The van der Waals surface area contributed by atoms with Gasteiger partial charge in [-0.05, 0) is 12.8 Å². The number of aliphatic hydroxyl groups is 1. The molecule has 1 rings (SSSR count). The van der Waals surface area contributed by atoms with Gasteiger partial charge >= 0.3 is 12.0 Å². The van der Waals surface area contributed by atoms with Crippen molar-refractivity contribution in [3.8, 4) is 0 Å². The van der Waals surface area contributed by atoms with E-state index in [2.05, 4.69) is 5.32 Å². The van der Waals surface area contributed by atoms with E-state index in [0.717, 1.165) is 6.42 Å². The predicted molar refractivity (Wildman–Crippen MR) is 47.8 cm³/mol. The van der Waals surface area contributed by atoms with Gasteiger partial charge in [-0.1, -0.05) is 0 Å². The molecule has 14 heavy (non-hydrogen) atoms. The number of amides is 2. The Hall–Kier alpha value is -1.30. The molecule has 6 heteroatoms. The van der Waals surface area contributed by atoms with Gasteiger partial charge in [0.25, 0.3) is 0 Å². The number of carbonyl (C=O) groups is 2. The molecule has 3 N–H and O–H groups in total. The number of aliphatic carboxylic acids is 1. The number of carboxylic acid groups (broad SMARTS) is 1. The molecular formula is C8H14N2O4. The third kappa shape index (κ3) is 3.21. The van der Waals surface area contributed by atoms with Gasteiger partial charge in [-0.25, -0.2) is 4.79 Å². The van der Waals surface area contributed by atoms with Crippen molar-refractivity contribution in [3.63, 3.8) is 0 Å². The van der Waals surface area contributed by atoms with Gasteiger partial charge in [0.2, 0.25) is 0 Å². The number of hydrogen-bond acceptors (Lipinski definition) is 3. The summed E-state index contributed by atoms with van der Waals surface area (Å²) in [4.78, 5) is 22.9. The quantitative estimate of drug-likeness (QED) is 0.549. The molecule has 0 aromatic carbocycles. The van der Waals surface area contributed by atoms with Crippen LogP contribution in [0.25, 0.3) is 0 Å². The number of rotatable bonds is 2. The fraction of sp³-hybridized carbons (Fsp3) is 0.750. The molecule has 0 saturated carbocycles. The molecule has 0 aliphatic carbocycles. The van der Waals surface area contributed by atoms with Crippen LogP contribution in [-0.4, -0.2) is 52.9 Å². The Morgan fingerprint density at radius 1 is 1.50 bits per heavy atom. The number of nitrogens with zero attached hydrogens (tertiary/aromatic N) is 1. The highest BCUT2D eigenvalue weighted by Gasteiger charge is 2.21. The van der Waals surface area contributed by atoms with E-state index in [1.165, 1.54) is 4.90 Å². The highest BCUT2D eigenvalue weighted by atomic mass is 16.4. The van der Waals surface area contributed by atoms with Crippen LogP contribution < -0.4 is 5.32 Å². The zero-order chi connectivity index (χ0) is 10.6. The fourth-order valence-corrected chi connectivity index (χ4v) is 1.40. The average Bonchev–Trinajstić information content (AvgIpc) is 2.14. The standard InChI is InChI=1S/C8H14N2O4/c11-6-2-1-3-10(5-6)8(14)9-4-7(12)13/h6,11H,1-5H2,(H,9,14)(H,12,13). The van der Waals surface area contributed by atoms with Crippen molar-refractivity contribution >= 4 is 12.0 Å². The number of piperidine rings is 1. The molecule has 1 fully saturated rings. The van der Waals surface area contributed by atoms with E-state index in [1.54, 1.807) is 0 Å². The predicted octanol–water partition coefficient (Wildman–Crippen LogP) is -0.763. The zero-order valence-corrected chi connectivity index (χ0v) is 7.77. The summed E-state index contributed by atoms with van der Waals surface area (Å²) in [7, 11) is 0. The van der Waals surface area contributed by atoms with Crippen LogP contribution in [0.1, 0.15) is 12.8 Å². The topological polar surface area (TPSA) is 89.9 Å². The lowest BCUT2D eigenvalue weighted by atomic mass is 10.1. The maximum atomic E-state index is 11.3. The summed E-state index contributed by atoms with van der Waals surface area (Å²) in [6.07, 6.45) is 0.962. The van der Waals surface area contributed by atoms with Crippen LogP contribution in [0.15, 0.2) is 0 Å². The number of urea groups is 1. The SMILES string of the molecule is O=C(O)CNC(=O)N1CCCC(O)C1. The highest BCUT2D eigenvalue weighted by Crippen LogP contribution is 2.09. The minimum absolute atomic E-state index is 0.283. The summed E-state index contributed by atoms with van der Waals surface area (Å²) in [6, 6.07) is -0.425. The van der Waals surface area contributed by atoms with Crippen molar-refractivity contribution in [1.82, 2.24) is 10.2 Å². The molecule has 1 aliphatic heterocycles. The Bertz CT molecular complexity index is 231. The van der Waals surface area contributed by atoms with Gasteiger partial charge in [-0.15, -0.1) is 0 Å². The van der Waals surface area contributed by atoms with Crippen molar-refractivity contribution in [2.45, 2.75) is 18.9 Å². The number of aliphatic hydroxyl groups excluding tert-OH is 1. The lowest BCUT2D eigenvalue weighted by Gasteiger charge is -2.29. The molecule has 0 radical (unpaired) electrons. The second kappa shape index (κ2) is 4.80. The van der Waals surface area contributed by atoms with Crippen molar-refractivity contribution < 1.29 is 19.8 Å². The second-order valence-corrected chi connectivity index (χ2v) is 3.29. The molecule has 0 aromatic rings. The fourth-order valence-electron chi connectivity index (χ4n) is 1.40. The van der Waals surface area contributed by atoms with Crippen LogP contribution in [0.4, 0.5) is 4.79 Å². The lowest BCUT2D eigenvalue weighted by Crippen LogP contribution is -2.48. The maximum absolute atomic E-state index is 11.3. The first-order valence-corrected chi connectivity index (χ1v) is 4.52. The first-order valence-electron chi connectivity index (χ1n) is 4.52. The van der Waals surface area contributed by atoms with Gasteiger partial charge in [0.1, 0.15) is 6.54 Å². The van der Waals surface area contributed by atoms with Crippen molar-refractivity contribution in [2.75, 3.05) is 19.6 Å². The van der Waals surface area contributed by atoms with Crippen LogP contribution >= 0.6 is 0 Å². The average molecular weight is 202 g/mol. The molecule has 80 valence electrons. The molecule has 0 aromatic heterocycles. The number of carbonyl (C=O) groups excluding carboxylic acids is 1. The molecule has 6 nitrogen and oxygen atoms in total. The summed E-state index contributed by atoms with van der Waals surface area (Å²) < 4.78 is 0. The van der Waals surface area contributed by atoms with Crippen LogP contribution in [0, 0.1) is 0 Å². The van der Waals surface area contributed by atoms with Crippen LogP contribution in [0.2, 0.25) is 0 Å². The molecule has 1 atom stereocenters. The molecular weight excluding hydrogens is 188 g/mol. The molecule has 0 spiro atoms. The minimum Gasteiger partial charge on any atom is -0.480 e. The Morgan fingerprint density at radius 2 is 2.21 bits per heavy atom. The summed E-state index contributed by atoms with van der Waals surface area (Å²) in [5.74, 6) is -1.07. The van der Waals surface area contributed by atoms with E-state index in [1.807, 2.05) is 0 Å². The van der Waals surface area contributed by atoms with Crippen LogP contribution in [-0.2, 0) is 4.79 Å². The first kappa shape index (κ1) is 10.8. The Kier molecular flexibility index (Phi) is 3.70. The summed E-state index contributed by atoms with van der Waals surface area (Å²) in [6.45, 7) is 0.472. The molecule has 1 heterocycles. The van der Waals surface area contributed by atoms with Crippen LogP contribution in [0.5, 0.6) is 0 Å².